The summed E-state index contributed by atoms with van der Waals surface area (Å²) in [4.78, 5) is 125. The number of phenols is 4. The fourth-order valence-corrected chi connectivity index (χ4v) is 17.4. The van der Waals surface area contributed by atoms with Crippen LogP contribution in [0.1, 0.15) is 192 Å². The van der Waals surface area contributed by atoms with Gasteiger partial charge in [-0.15, -0.1) is 0 Å². The van der Waals surface area contributed by atoms with Gasteiger partial charge in [0.25, 0.3) is 0 Å². The van der Waals surface area contributed by atoms with Crippen LogP contribution >= 0.6 is 23.2 Å². The minimum absolute atomic E-state index is 0.0809. The minimum Gasteiger partial charge on any atom is -0.508 e. The summed E-state index contributed by atoms with van der Waals surface area (Å²) < 4.78 is 45.3. The van der Waals surface area contributed by atoms with Crippen molar-refractivity contribution in [3.05, 3.63) is 164 Å². The maximum absolute atomic E-state index is 16.9. The number of hydrogen-bond acceptors (Lipinski definition) is 28. The average molecular weight is 1830 g/mol. The number of carboxylic acid groups (broad SMARTS) is 2. The molecule has 15 rings (SSSR count). The topological polar surface area (TPSA) is 552 Å². The smallest absolute Gasteiger partial charge is 0.335 e. The molecule has 129 heavy (non-hydrogen) atoms. The quantitative estimate of drug-likeness (QED) is 0.0218. The molecule has 20 N–H and O–H groups in total. The molecule has 2 saturated heterocycles. The van der Waals surface area contributed by atoms with Crippen molar-refractivity contribution in [1.29, 1.82) is 0 Å². The number of aromatic hydroxyl groups is 4. The summed E-state index contributed by atoms with van der Waals surface area (Å²) in [5.41, 5.74) is -2.98. The van der Waals surface area contributed by atoms with Gasteiger partial charge in [-0.3, -0.25) is 33.7 Å². The summed E-state index contributed by atoms with van der Waals surface area (Å²) in [5.74, 6) is -17.8. The summed E-state index contributed by atoms with van der Waals surface area (Å²) in [6, 6.07) is 5.99. The SMILES string of the molecule is CCCCCCCCCCN(CCCCCCCCCC)[C@H]1[C@H](Oc2c3cc4cc2Oc2ccc(cc2Cl)C(O)C2NC(=O)C(NC(=O)C4NC(=O)C4NC(=O)C(Cc5ccc(cc5)O3)NC(=O)C(NC)c3ccc(O)c(c3)Oc3cc(O)c(Cl)c4c3)c3ccc(O)c(c3)-c3c(OC4O[C@H](CO)[C@@H](O)[C@H](O)[C@@H]4O)cc(O)cc3C(C(=O)O)NC2=O)O[C@H](C(=O)O)[C@@H](O)[C@@H]1O. The maximum Gasteiger partial charge on any atom is 0.335 e. The molecular weight excluding hydrogens is 1720 g/mol. The second-order valence-electron chi connectivity index (χ2n) is 32.9. The number of carboxylic acids is 2. The Morgan fingerprint density at radius 1 is 0.488 bits per heavy atom. The Labute approximate surface area is 750 Å². The van der Waals surface area contributed by atoms with Gasteiger partial charge in [0.05, 0.1) is 16.7 Å². The van der Waals surface area contributed by atoms with E-state index in [2.05, 4.69) is 51.1 Å². The highest BCUT2D eigenvalue weighted by molar-refractivity contribution is 6.33. The van der Waals surface area contributed by atoms with Gasteiger partial charge in [0, 0.05) is 40.8 Å². The molecule has 7 aromatic rings. The number of benzene rings is 7. The number of aliphatic hydroxyl groups excluding tert-OH is 7. The van der Waals surface area contributed by atoms with E-state index in [1.807, 2.05) is 4.90 Å². The summed E-state index contributed by atoms with van der Waals surface area (Å²) in [5, 5.41) is 167. The van der Waals surface area contributed by atoms with Gasteiger partial charge in [-0.05, 0) is 134 Å². The van der Waals surface area contributed by atoms with Crippen molar-refractivity contribution < 1.29 is 138 Å². The Morgan fingerprint density at radius 3 is 1.71 bits per heavy atom. The van der Waals surface area contributed by atoms with Crippen LogP contribution in [0, 0.1) is 0 Å². The molecule has 0 radical (unpaired) electrons. The zero-order chi connectivity index (χ0) is 92.3. The third-order valence-electron chi connectivity index (χ3n) is 23.9. The number of carbonyl (C=O) groups is 8. The highest BCUT2D eigenvalue weighted by Gasteiger charge is 2.53. The van der Waals surface area contributed by atoms with Crippen LogP contribution in [0.5, 0.6) is 69.0 Å². The van der Waals surface area contributed by atoms with Gasteiger partial charge in [-0.25, -0.2) is 9.59 Å². The fraction of sp³-hybridized carbons (Fsp3) is 0.451. The first-order chi connectivity index (χ1) is 61.9. The zero-order valence-corrected chi connectivity index (χ0v) is 72.2. The van der Waals surface area contributed by atoms with Crippen LogP contribution in [0.15, 0.2) is 115 Å². The monoisotopic (exact) mass is 1830 g/mol. The van der Waals surface area contributed by atoms with Gasteiger partial charge in [0.2, 0.25) is 53.8 Å². The Morgan fingerprint density at radius 2 is 1.08 bits per heavy atom. The molecule has 692 valence electrons. The van der Waals surface area contributed by atoms with Crippen molar-refractivity contribution in [2.75, 3.05) is 26.7 Å². The summed E-state index contributed by atoms with van der Waals surface area (Å²) in [6.45, 7) is 3.79. The van der Waals surface area contributed by atoms with Crippen LogP contribution in [-0.4, -0.2) is 219 Å². The Bertz CT molecular complexity index is 5240. The highest BCUT2D eigenvalue weighted by atomic mass is 35.5. The number of carbonyl (C=O) groups excluding carboxylic acids is 6. The largest absolute Gasteiger partial charge is 0.508 e. The minimum atomic E-state index is -2.42. The maximum atomic E-state index is 16.9. The number of nitrogens with one attached hydrogen (secondary N) is 7. The lowest BCUT2D eigenvalue weighted by Crippen LogP contribution is -2.66. The predicted molar refractivity (Wildman–Crippen MR) is 460 cm³/mol. The van der Waals surface area contributed by atoms with E-state index in [1.54, 1.807) is 0 Å². The van der Waals surface area contributed by atoms with Gasteiger partial charge < -0.3 is 137 Å². The number of aliphatic carboxylic acids is 2. The number of unbranched alkanes of at least 4 members (excludes halogenated alkanes) is 14. The molecule has 36 nitrogen and oxygen atoms in total. The number of nitrogens with zero attached hydrogens (tertiary/aromatic N) is 1. The third kappa shape index (κ3) is 21.7. The van der Waals surface area contributed by atoms with Crippen LogP contribution in [-0.2, 0) is 54.3 Å². The van der Waals surface area contributed by atoms with Crippen molar-refractivity contribution in [2.24, 2.45) is 0 Å². The molecule has 2 fully saturated rings. The molecule has 0 aliphatic carbocycles. The van der Waals surface area contributed by atoms with Gasteiger partial charge in [0.1, 0.15) is 125 Å². The molecule has 7 aromatic carbocycles. The molecule has 6 amide bonds. The molecule has 8 heterocycles. The van der Waals surface area contributed by atoms with Crippen LogP contribution in [0.2, 0.25) is 10.0 Å². The number of phenolic OH excluding ortho intramolecular Hbond substituents is 4. The van der Waals surface area contributed by atoms with Gasteiger partial charge in [-0.1, -0.05) is 157 Å². The van der Waals surface area contributed by atoms with Crippen LogP contribution in [0.25, 0.3) is 11.1 Å². The van der Waals surface area contributed by atoms with Crippen molar-refractivity contribution in [2.45, 2.75) is 233 Å². The van der Waals surface area contributed by atoms with Gasteiger partial charge >= 0.3 is 11.9 Å². The number of ether oxygens (including phenoxy) is 7. The van der Waals surface area contributed by atoms with E-state index < -0.39 is 253 Å². The molecule has 8 aliphatic rings. The lowest BCUT2D eigenvalue weighted by Gasteiger charge is -2.46. The number of amides is 6. The second-order valence-corrected chi connectivity index (χ2v) is 33.7. The number of halogens is 2. The first-order valence-corrected chi connectivity index (χ1v) is 43.8. The molecule has 9 unspecified atom stereocenters. The molecule has 18 atom stereocenters. The second kappa shape index (κ2) is 42.5. The lowest BCUT2D eigenvalue weighted by atomic mass is 9.89. The first kappa shape index (κ1) is 95.2. The van der Waals surface area contributed by atoms with Crippen molar-refractivity contribution in [1.82, 2.24) is 42.1 Å². The van der Waals surface area contributed by atoms with E-state index in [4.69, 9.17) is 56.4 Å². The summed E-state index contributed by atoms with van der Waals surface area (Å²) in [6.07, 6.45) is -6.32. The summed E-state index contributed by atoms with van der Waals surface area (Å²) >= 11 is 14.4. The zero-order valence-electron chi connectivity index (χ0n) is 70.6. The Kier molecular flexibility index (Phi) is 31.4. The molecule has 38 heteroatoms. The molecule has 8 aliphatic heterocycles. The molecule has 0 saturated carbocycles. The van der Waals surface area contributed by atoms with Gasteiger partial charge in [0.15, 0.2) is 35.1 Å². The van der Waals surface area contributed by atoms with E-state index in [0.29, 0.717) is 18.4 Å². The first-order valence-electron chi connectivity index (χ1n) is 43.1. The van der Waals surface area contributed by atoms with Gasteiger partial charge in [-0.2, -0.15) is 0 Å². The fourth-order valence-electron chi connectivity index (χ4n) is 16.9. The van der Waals surface area contributed by atoms with Crippen molar-refractivity contribution in [3.63, 3.8) is 0 Å². The third-order valence-corrected chi connectivity index (χ3v) is 24.6. The molecule has 17 bridgehead atoms. The van der Waals surface area contributed by atoms with E-state index in [9.17, 15) is 80.8 Å². The standard InChI is InChI=1S/C91H106Cl2N8O28/c1-4-6-8-10-12-14-16-18-30-101(31-19-17-15-13-11-9-7-5-2)73-76(109)78(111)81(89(121)122)129-90(73)128-80-62-36-47-37-63(80)125-59-29-24-46(34-54(59)92)74(107)72-87(118)99-71(88(119)120)52-38-48(103)39-61(126-91-79(112)77(110)75(108)64(42-102)127-91)65(52)51-33-44(22-27-56(51)104)68(84(115)100-72)96-85(116)69(47)97-86(117)70-53-40-50(41-58(106)66(53)93)124-60-35-45(23-28-57(60)105)67(94-3)83(114)95-55(82(113)98-70)32-43-20-25-49(123-62)26-21-43/h20-29,33-41,55,64,67-79,81,90-91,94,102-112H,4-19,30-32,42H2,1-3H3,(H,95,114)(H,96,116)(H,97,117)(H,98,113)(H,99,118)(H,100,115)(H,119,120)(H,121,122)/t55?,64-,67?,68?,69?,70?,71?,72?,73-,74?,75-,76-,77+,78+,79+,81+,90-,91?/m1/s1. The van der Waals surface area contributed by atoms with Crippen molar-refractivity contribution in [3.8, 4) is 80.1 Å². The van der Waals surface area contributed by atoms with Crippen LogP contribution < -0.4 is 60.9 Å². The van der Waals surface area contributed by atoms with E-state index in [1.165, 1.54) is 55.6 Å². The highest BCUT2D eigenvalue weighted by Crippen LogP contribution is 2.51. The average Bonchev–Trinajstić information content (AvgIpc) is 0.759. The lowest BCUT2D eigenvalue weighted by molar-refractivity contribution is -0.277. The number of hydrogen-bond donors (Lipinski definition) is 20. The number of likely N-dealkylation sites (N-methyl/N-ethyl adjacent to an activating group) is 1. The van der Waals surface area contributed by atoms with Crippen LogP contribution in [0.3, 0.4) is 0 Å². The number of aliphatic hydroxyl groups is 7. The predicted octanol–water partition coefficient (Wildman–Crippen LogP) is 7.88. The molecule has 0 spiro atoms. The number of rotatable bonds is 27. The van der Waals surface area contributed by atoms with Crippen LogP contribution in [0.4, 0.5) is 0 Å². The Balaban J connectivity index is 1.05. The molecule has 0 aromatic heterocycles. The van der Waals surface area contributed by atoms with E-state index in [0.717, 1.165) is 157 Å². The normalized spacial score (nSPS) is 25.8. The van der Waals surface area contributed by atoms with Crippen molar-refractivity contribution >= 4 is 70.6 Å². The van der Waals surface area contributed by atoms with E-state index >= 15 is 24.0 Å². The Hall–Kier alpha value is -11.4. The van der Waals surface area contributed by atoms with E-state index in [-0.39, 0.29) is 53.6 Å². The number of fused-ring (bicyclic) bond motifs is 14. The summed E-state index contributed by atoms with van der Waals surface area (Å²) in [7, 11) is 1.44. The molecular formula is C91H106Cl2N8O28.